The van der Waals surface area contributed by atoms with Crippen LogP contribution in [0.2, 0.25) is 0 Å². The highest BCUT2D eigenvalue weighted by Crippen LogP contribution is 2.37. The number of thiophene rings is 1. The van der Waals surface area contributed by atoms with Crippen molar-refractivity contribution in [2.45, 2.75) is 25.8 Å². The fourth-order valence-electron chi connectivity index (χ4n) is 4.37. The van der Waals surface area contributed by atoms with Gasteiger partial charge < -0.3 is 10.7 Å². The van der Waals surface area contributed by atoms with Crippen molar-refractivity contribution in [2.75, 3.05) is 24.2 Å². The highest BCUT2D eigenvalue weighted by molar-refractivity contribution is 7.89. The average Bonchev–Trinajstić information content (AvgIpc) is 3.56. The average molecular weight is 548 g/mol. The summed E-state index contributed by atoms with van der Waals surface area (Å²) < 4.78 is 28.6. The van der Waals surface area contributed by atoms with E-state index in [0.29, 0.717) is 11.6 Å². The number of aromatic nitrogens is 4. The number of nitrogens with one attached hydrogen (secondary N) is 2. The normalized spacial score (nSPS) is 15.4. The van der Waals surface area contributed by atoms with Gasteiger partial charge in [0.15, 0.2) is 0 Å². The van der Waals surface area contributed by atoms with Gasteiger partial charge in [0.25, 0.3) is 0 Å². The van der Waals surface area contributed by atoms with Gasteiger partial charge in [-0.2, -0.15) is 14.7 Å². The van der Waals surface area contributed by atoms with Crippen molar-refractivity contribution in [3.05, 3.63) is 47.6 Å². The summed E-state index contributed by atoms with van der Waals surface area (Å²) in [5.74, 6) is 0.421. The van der Waals surface area contributed by atoms with E-state index in [4.69, 9.17) is 10.4 Å². The maximum Gasteiger partial charge on any atom is 0.228 e. The number of rotatable bonds is 9. The molecule has 4 aromatic rings. The number of nitrogens with zero attached hydrogens (tertiary/aromatic N) is 7. The van der Waals surface area contributed by atoms with E-state index in [-0.39, 0.29) is 25.3 Å². The molecule has 1 fully saturated rings. The SMILES string of the molecule is CCS(=O)(=O)N1CC(CC#N)(n2cc(-c3nc(Nc4ccc(C)c(N=CC=N)c4)nc4ccsc34)cn2)C1. The molecule has 1 aliphatic rings. The van der Waals surface area contributed by atoms with Gasteiger partial charge in [0.2, 0.25) is 16.0 Å². The van der Waals surface area contributed by atoms with Crippen LogP contribution in [0.1, 0.15) is 18.9 Å². The molecule has 5 rings (SSSR count). The van der Waals surface area contributed by atoms with Crippen LogP contribution in [0.25, 0.3) is 21.5 Å². The first-order chi connectivity index (χ1) is 18.3. The summed E-state index contributed by atoms with van der Waals surface area (Å²) in [4.78, 5) is 13.7. The number of hydrogen-bond acceptors (Lipinski definition) is 10. The van der Waals surface area contributed by atoms with Gasteiger partial charge in [-0.3, -0.25) is 9.67 Å². The van der Waals surface area contributed by atoms with Crippen molar-refractivity contribution in [2.24, 2.45) is 4.99 Å². The number of hydrogen-bond donors (Lipinski definition) is 2. The number of fused-ring (bicyclic) bond motifs is 1. The predicted molar refractivity (Wildman–Crippen MR) is 149 cm³/mol. The number of anilines is 2. The predicted octanol–water partition coefficient (Wildman–Crippen LogP) is 4.23. The van der Waals surface area contributed by atoms with Gasteiger partial charge in [-0.05, 0) is 43.0 Å². The Kier molecular flexibility index (Phi) is 6.78. The number of aliphatic imine (C=N–C) groups is 1. The van der Waals surface area contributed by atoms with Crippen LogP contribution in [0.5, 0.6) is 0 Å². The van der Waals surface area contributed by atoms with E-state index in [1.54, 1.807) is 17.8 Å². The maximum atomic E-state index is 12.3. The van der Waals surface area contributed by atoms with Crippen LogP contribution in [-0.4, -0.2) is 63.7 Å². The van der Waals surface area contributed by atoms with Crippen molar-refractivity contribution in [1.29, 1.82) is 10.7 Å². The summed E-state index contributed by atoms with van der Waals surface area (Å²) in [6, 6.07) is 9.83. The quantitative estimate of drug-likeness (QED) is 0.297. The molecular formula is C25H25N9O2S2. The fraction of sp³-hybridized carbons (Fsp3) is 0.280. The molecule has 0 bridgehead atoms. The lowest BCUT2D eigenvalue weighted by Gasteiger charge is -2.47. The summed E-state index contributed by atoms with van der Waals surface area (Å²) in [5, 5.41) is 26.4. The summed E-state index contributed by atoms with van der Waals surface area (Å²) in [6.45, 7) is 3.97. The van der Waals surface area contributed by atoms with Crippen molar-refractivity contribution in [3.8, 4) is 17.3 Å². The molecule has 1 aromatic carbocycles. The molecule has 0 atom stereocenters. The van der Waals surface area contributed by atoms with Crippen molar-refractivity contribution in [1.82, 2.24) is 24.1 Å². The van der Waals surface area contributed by atoms with E-state index in [2.05, 4.69) is 26.5 Å². The Labute approximate surface area is 224 Å². The Balaban J connectivity index is 1.48. The van der Waals surface area contributed by atoms with Crippen LogP contribution < -0.4 is 5.32 Å². The number of nitriles is 1. The van der Waals surface area contributed by atoms with Crippen LogP contribution in [0.15, 0.2) is 47.0 Å². The standard InChI is InChI=1S/C25H25N9O2S2/c1-3-38(35,36)33-15-25(16-33,7-8-26)34-14-18(13-29-34)22-23-20(6-11-37-23)31-24(32-22)30-19-5-4-17(2)21(12-19)28-10-9-27/h4-6,9-14,27H,3,7,15-16H2,1-2H3,(H,30,31,32). The molecule has 0 spiro atoms. The molecule has 0 radical (unpaired) electrons. The van der Waals surface area contributed by atoms with Gasteiger partial charge in [0, 0.05) is 43.0 Å². The van der Waals surface area contributed by atoms with E-state index in [1.807, 2.05) is 42.8 Å². The summed E-state index contributed by atoms with van der Waals surface area (Å²) in [7, 11) is -3.34. The minimum atomic E-state index is -3.34. The fourth-order valence-corrected chi connectivity index (χ4v) is 6.45. The highest BCUT2D eigenvalue weighted by Gasteiger charge is 2.49. The van der Waals surface area contributed by atoms with Crippen molar-refractivity contribution >= 4 is 61.3 Å². The Hall–Kier alpha value is -3.99. The molecule has 0 amide bonds. The first kappa shape index (κ1) is 25.7. The molecule has 1 aliphatic heterocycles. The van der Waals surface area contributed by atoms with Crippen LogP contribution in [0.3, 0.4) is 0 Å². The van der Waals surface area contributed by atoms with Gasteiger partial charge in [-0.1, -0.05) is 6.07 Å². The molecule has 194 valence electrons. The third kappa shape index (κ3) is 4.69. The first-order valence-corrected chi connectivity index (χ1v) is 14.3. The zero-order valence-electron chi connectivity index (χ0n) is 20.8. The van der Waals surface area contributed by atoms with Crippen molar-refractivity contribution < 1.29 is 8.42 Å². The van der Waals surface area contributed by atoms with Gasteiger partial charge in [0.05, 0.1) is 46.0 Å². The summed E-state index contributed by atoms with van der Waals surface area (Å²) in [5.41, 5.74) is 3.97. The zero-order valence-corrected chi connectivity index (χ0v) is 22.4. The molecule has 2 N–H and O–H groups in total. The highest BCUT2D eigenvalue weighted by atomic mass is 32.2. The Bertz CT molecular complexity index is 1690. The van der Waals surface area contributed by atoms with Crippen LogP contribution in [-0.2, 0) is 15.6 Å². The smallest absolute Gasteiger partial charge is 0.228 e. The molecule has 0 aliphatic carbocycles. The van der Waals surface area contributed by atoms with E-state index in [1.165, 1.54) is 21.9 Å². The Morgan fingerprint density at radius 1 is 1.32 bits per heavy atom. The Morgan fingerprint density at radius 2 is 2.13 bits per heavy atom. The molecular weight excluding hydrogens is 522 g/mol. The van der Waals surface area contributed by atoms with E-state index >= 15 is 0 Å². The minimum absolute atomic E-state index is 0.0184. The van der Waals surface area contributed by atoms with Crippen molar-refractivity contribution in [3.63, 3.8) is 0 Å². The van der Waals surface area contributed by atoms with E-state index < -0.39 is 15.6 Å². The van der Waals surface area contributed by atoms with Gasteiger partial charge in [-0.15, -0.1) is 11.3 Å². The Morgan fingerprint density at radius 3 is 2.87 bits per heavy atom. The van der Waals surface area contributed by atoms with Crippen LogP contribution in [0.4, 0.5) is 17.3 Å². The molecule has 4 heterocycles. The lowest BCUT2D eigenvalue weighted by Crippen LogP contribution is -2.64. The van der Waals surface area contributed by atoms with Gasteiger partial charge in [-0.25, -0.2) is 18.4 Å². The van der Waals surface area contributed by atoms with E-state index in [0.717, 1.165) is 38.9 Å². The monoisotopic (exact) mass is 547 g/mol. The maximum absolute atomic E-state index is 12.3. The molecule has 0 saturated carbocycles. The third-order valence-corrected chi connectivity index (χ3v) is 9.19. The topological polar surface area (TPSA) is 153 Å². The first-order valence-electron chi connectivity index (χ1n) is 11.8. The number of aryl methyl sites for hydroxylation is 1. The molecule has 11 nitrogen and oxygen atoms in total. The summed E-state index contributed by atoms with van der Waals surface area (Å²) >= 11 is 1.52. The molecule has 3 aromatic heterocycles. The molecule has 1 saturated heterocycles. The lowest BCUT2D eigenvalue weighted by atomic mass is 9.89. The number of benzene rings is 1. The third-order valence-electron chi connectivity index (χ3n) is 6.51. The molecule has 38 heavy (non-hydrogen) atoms. The second kappa shape index (κ2) is 10.1. The van der Waals surface area contributed by atoms with Crippen LogP contribution >= 0.6 is 11.3 Å². The van der Waals surface area contributed by atoms with Gasteiger partial charge >= 0.3 is 0 Å². The van der Waals surface area contributed by atoms with Gasteiger partial charge in [0.1, 0.15) is 5.54 Å². The zero-order chi connectivity index (χ0) is 26.9. The molecule has 0 unspecified atom stereocenters. The second-order valence-electron chi connectivity index (χ2n) is 9.00. The van der Waals surface area contributed by atoms with E-state index in [9.17, 15) is 13.7 Å². The number of sulfonamides is 1. The lowest BCUT2D eigenvalue weighted by molar-refractivity contribution is 0.0719. The summed E-state index contributed by atoms with van der Waals surface area (Å²) in [6.07, 6.45) is 6.22. The van der Waals surface area contributed by atoms with Crippen LogP contribution in [0, 0.1) is 23.7 Å². The molecule has 13 heteroatoms. The minimum Gasteiger partial charge on any atom is -0.324 e. The largest absolute Gasteiger partial charge is 0.324 e. The second-order valence-corrected chi connectivity index (χ2v) is 12.2.